The average Bonchev–Trinajstić information content (AvgIpc) is 2.93. The van der Waals surface area contributed by atoms with Gasteiger partial charge < -0.3 is 30.1 Å². The first-order chi connectivity index (χ1) is 17.7. The molecule has 0 amide bonds. The predicted octanol–water partition coefficient (Wildman–Crippen LogP) is 3.84. The number of para-hydroxylation sites is 1. The Morgan fingerprint density at radius 2 is 1.89 bits per heavy atom. The Bertz CT molecular complexity index is 908. The van der Waals surface area contributed by atoms with Gasteiger partial charge in [-0.05, 0) is 81.4 Å². The van der Waals surface area contributed by atoms with E-state index in [-0.39, 0.29) is 0 Å². The molecule has 2 saturated heterocycles. The molecular formula is C30H47N5O. The molecule has 2 N–H and O–H groups in total. The standard InChI is InChI=1S/C30H47N5O/c1-4-7-28(27-12-15-32-30(24-27)35-22-20-33(2)21-23-35)31-16-19-34-17-13-25(14-18-34)10-11-26-8-5-6-9-29(26)36-3/h5-9,12,24-25,31-32H,4,10-11,13-23H2,1-3H3/b28-7-. The maximum atomic E-state index is 5.53. The SMILES string of the molecule is CC/C=C(\NCCN1CCC(CCc2ccccc2OC)CC1)C1=CCNC(N2CCN(C)CC2)=C1. The van der Waals surface area contributed by atoms with Crippen LogP contribution in [0.4, 0.5) is 0 Å². The Morgan fingerprint density at radius 1 is 1.11 bits per heavy atom. The molecule has 36 heavy (non-hydrogen) atoms. The van der Waals surface area contributed by atoms with E-state index in [0.29, 0.717) is 0 Å². The minimum absolute atomic E-state index is 0.827. The Labute approximate surface area is 219 Å². The minimum atomic E-state index is 0.827. The Kier molecular flexibility index (Phi) is 10.2. The number of methoxy groups -OCH3 is 1. The molecule has 0 bridgehead atoms. The van der Waals surface area contributed by atoms with Crippen molar-refractivity contribution in [3.63, 3.8) is 0 Å². The lowest BCUT2D eigenvalue weighted by atomic mass is 9.90. The summed E-state index contributed by atoms with van der Waals surface area (Å²) >= 11 is 0. The van der Waals surface area contributed by atoms with E-state index in [9.17, 15) is 0 Å². The smallest absolute Gasteiger partial charge is 0.122 e. The summed E-state index contributed by atoms with van der Waals surface area (Å²) in [6.07, 6.45) is 13.1. The number of piperazine rings is 1. The number of piperidine rings is 1. The first-order valence-electron chi connectivity index (χ1n) is 14.0. The summed E-state index contributed by atoms with van der Waals surface area (Å²) in [4.78, 5) is 7.54. The van der Waals surface area contributed by atoms with E-state index >= 15 is 0 Å². The molecule has 6 heteroatoms. The molecule has 0 spiro atoms. The number of nitrogens with zero attached hydrogens (tertiary/aromatic N) is 3. The van der Waals surface area contributed by atoms with Crippen molar-refractivity contribution < 1.29 is 4.74 Å². The highest BCUT2D eigenvalue weighted by molar-refractivity contribution is 5.42. The zero-order chi connectivity index (χ0) is 25.2. The van der Waals surface area contributed by atoms with Crippen molar-refractivity contribution >= 4 is 0 Å². The number of hydrogen-bond acceptors (Lipinski definition) is 6. The third-order valence-electron chi connectivity index (χ3n) is 7.93. The summed E-state index contributed by atoms with van der Waals surface area (Å²) in [5.74, 6) is 3.14. The largest absolute Gasteiger partial charge is 0.496 e. The normalized spacial score (nSPS) is 20.5. The van der Waals surface area contributed by atoms with E-state index in [1.807, 2.05) is 0 Å². The van der Waals surface area contributed by atoms with Crippen LogP contribution < -0.4 is 15.4 Å². The molecule has 0 aliphatic carbocycles. The summed E-state index contributed by atoms with van der Waals surface area (Å²) in [6.45, 7) is 12.1. The molecule has 0 radical (unpaired) electrons. The number of allylic oxidation sites excluding steroid dienone is 2. The quantitative estimate of drug-likeness (QED) is 0.488. The van der Waals surface area contributed by atoms with E-state index < -0.39 is 0 Å². The number of ether oxygens (including phenoxy) is 1. The molecule has 3 aliphatic rings. The maximum Gasteiger partial charge on any atom is 0.122 e. The van der Waals surface area contributed by atoms with Crippen molar-refractivity contribution in [3.05, 3.63) is 65.1 Å². The fraction of sp³-hybridized carbons (Fsp3) is 0.600. The first kappa shape index (κ1) is 26.6. The van der Waals surface area contributed by atoms with Crippen LogP contribution in [0, 0.1) is 5.92 Å². The second-order valence-corrected chi connectivity index (χ2v) is 10.4. The van der Waals surface area contributed by atoms with E-state index in [2.05, 4.69) is 81.8 Å². The van der Waals surface area contributed by atoms with Crippen molar-refractivity contribution in [2.45, 2.75) is 39.0 Å². The molecule has 0 unspecified atom stereocenters. The van der Waals surface area contributed by atoms with Crippen molar-refractivity contribution in [2.24, 2.45) is 5.92 Å². The van der Waals surface area contributed by atoms with Crippen LogP contribution in [0.15, 0.2) is 59.6 Å². The van der Waals surface area contributed by atoms with Crippen LogP contribution in [0.3, 0.4) is 0 Å². The molecular weight excluding hydrogens is 446 g/mol. The van der Waals surface area contributed by atoms with Crippen LogP contribution >= 0.6 is 0 Å². The van der Waals surface area contributed by atoms with Gasteiger partial charge in [-0.25, -0.2) is 0 Å². The van der Waals surface area contributed by atoms with Gasteiger partial charge >= 0.3 is 0 Å². The van der Waals surface area contributed by atoms with Gasteiger partial charge in [0.25, 0.3) is 0 Å². The van der Waals surface area contributed by atoms with Gasteiger partial charge in [0.2, 0.25) is 0 Å². The first-order valence-corrected chi connectivity index (χ1v) is 14.0. The molecule has 0 aromatic heterocycles. The van der Waals surface area contributed by atoms with E-state index in [0.717, 1.165) is 70.3 Å². The molecule has 2 fully saturated rings. The lowest BCUT2D eigenvalue weighted by Gasteiger charge is -2.37. The van der Waals surface area contributed by atoms with Gasteiger partial charge in [-0.3, -0.25) is 0 Å². The third-order valence-corrected chi connectivity index (χ3v) is 7.93. The fourth-order valence-corrected chi connectivity index (χ4v) is 5.57. The fourth-order valence-electron chi connectivity index (χ4n) is 5.57. The van der Waals surface area contributed by atoms with Gasteiger partial charge in [0, 0.05) is 51.5 Å². The highest BCUT2D eigenvalue weighted by Crippen LogP contribution is 2.26. The van der Waals surface area contributed by atoms with Crippen molar-refractivity contribution in [1.82, 2.24) is 25.3 Å². The lowest BCUT2D eigenvalue weighted by molar-refractivity contribution is 0.178. The van der Waals surface area contributed by atoms with Gasteiger partial charge in [-0.2, -0.15) is 0 Å². The number of hydrogen-bond donors (Lipinski definition) is 2. The maximum absolute atomic E-state index is 5.53. The van der Waals surface area contributed by atoms with E-state index in [1.54, 1.807) is 7.11 Å². The lowest BCUT2D eigenvalue weighted by Crippen LogP contribution is -2.47. The monoisotopic (exact) mass is 493 g/mol. The number of nitrogens with one attached hydrogen (secondary N) is 2. The van der Waals surface area contributed by atoms with E-state index in [1.165, 1.54) is 55.0 Å². The number of likely N-dealkylation sites (N-methyl/N-ethyl adjacent to an activating group) is 1. The summed E-state index contributed by atoms with van der Waals surface area (Å²) in [5.41, 5.74) is 3.97. The highest BCUT2D eigenvalue weighted by atomic mass is 16.5. The zero-order valence-electron chi connectivity index (χ0n) is 22.8. The zero-order valence-corrected chi connectivity index (χ0v) is 22.8. The van der Waals surface area contributed by atoms with Gasteiger partial charge in [0.05, 0.1) is 7.11 Å². The summed E-state index contributed by atoms with van der Waals surface area (Å²) < 4.78 is 5.53. The van der Waals surface area contributed by atoms with Gasteiger partial charge in [-0.15, -0.1) is 0 Å². The molecule has 0 saturated carbocycles. The van der Waals surface area contributed by atoms with E-state index in [4.69, 9.17) is 4.74 Å². The molecule has 198 valence electrons. The topological polar surface area (TPSA) is 43.0 Å². The van der Waals surface area contributed by atoms with Crippen molar-refractivity contribution in [1.29, 1.82) is 0 Å². The predicted molar refractivity (Wildman–Crippen MR) is 150 cm³/mol. The number of benzene rings is 1. The molecule has 0 atom stereocenters. The Morgan fingerprint density at radius 3 is 2.64 bits per heavy atom. The molecule has 3 heterocycles. The molecule has 1 aromatic carbocycles. The number of likely N-dealkylation sites (tertiary alicyclic amines) is 1. The molecule has 3 aliphatic heterocycles. The number of aryl methyl sites for hydroxylation is 1. The van der Waals surface area contributed by atoms with Crippen LogP contribution in [0.5, 0.6) is 5.75 Å². The van der Waals surface area contributed by atoms with Gasteiger partial charge in [-0.1, -0.05) is 37.3 Å². The molecule has 1 aromatic rings. The van der Waals surface area contributed by atoms with Crippen molar-refractivity contribution in [3.8, 4) is 5.75 Å². The summed E-state index contributed by atoms with van der Waals surface area (Å²) in [5, 5.41) is 7.37. The second-order valence-electron chi connectivity index (χ2n) is 10.4. The van der Waals surface area contributed by atoms with Gasteiger partial charge in [0.1, 0.15) is 11.6 Å². The third kappa shape index (κ3) is 7.53. The highest BCUT2D eigenvalue weighted by Gasteiger charge is 2.21. The van der Waals surface area contributed by atoms with Gasteiger partial charge in [0.15, 0.2) is 0 Å². The van der Waals surface area contributed by atoms with Crippen LogP contribution in [0.1, 0.15) is 38.2 Å². The molecule has 4 rings (SSSR count). The van der Waals surface area contributed by atoms with Crippen LogP contribution in [-0.2, 0) is 6.42 Å². The Hall–Kier alpha value is -2.44. The van der Waals surface area contributed by atoms with Crippen molar-refractivity contribution in [2.75, 3.05) is 73.1 Å². The number of dihydropyridines is 1. The van der Waals surface area contributed by atoms with Crippen LogP contribution in [-0.4, -0.2) is 87.8 Å². The minimum Gasteiger partial charge on any atom is -0.496 e. The molecule has 6 nitrogen and oxygen atoms in total. The summed E-state index contributed by atoms with van der Waals surface area (Å²) in [6, 6.07) is 8.47. The summed E-state index contributed by atoms with van der Waals surface area (Å²) in [7, 11) is 3.99. The van der Waals surface area contributed by atoms with Crippen LogP contribution in [0.25, 0.3) is 0 Å². The Balaban J connectivity index is 1.20. The van der Waals surface area contributed by atoms with Crippen LogP contribution in [0.2, 0.25) is 0 Å². The second kappa shape index (κ2) is 13.8. The average molecular weight is 494 g/mol. The number of rotatable bonds is 11.